The van der Waals surface area contributed by atoms with Crippen molar-refractivity contribution in [2.45, 2.75) is 6.92 Å². The number of nitrogens with zero attached hydrogens (tertiary/aromatic N) is 2. The van der Waals surface area contributed by atoms with Gasteiger partial charge in [-0.3, -0.25) is 14.8 Å². The topological polar surface area (TPSA) is 76.1 Å². The fourth-order valence-corrected chi connectivity index (χ4v) is 3.65. The Balaban J connectivity index is 1.27. The van der Waals surface area contributed by atoms with E-state index in [0.717, 1.165) is 17.1 Å². The zero-order valence-corrected chi connectivity index (χ0v) is 18.8. The van der Waals surface area contributed by atoms with E-state index in [2.05, 4.69) is 20.6 Å². The van der Waals surface area contributed by atoms with Gasteiger partial charge in [-0.1, -0.05) is 6.07 Å². The molecule has 0 aliphatic rings. The smallest absolute Gasteiger partial charge is 0.255 e. The van der Waals surface area contributed by atoms with Crippen molar-refractivity contribution in [2.24, 2.45) is 0 Å². The molecule has 0 radical (unpaired) electrons. The summed E-state index contributed by atoms with van der Waals surface area (Å²) in [6.07, 6.45) is 3.35. The molecule has 0 atom stereocenters. The summed E-state index contributed by atoms with van der Waals surface area (Å²) in [6, 6.07) is 24.1. The van der Waals surface area contributed by atoms with Gasteiger partial charge < -0.3 is 15.4 Å². The molecule has 0 unspecified atom stereocenters. The first-order valence-electron chi connectivity index (χ1n) is 11.0. The van der Waals surface area contributed by atoms with Gasteiger partial charge in [0.15, 0.2) is 0 Å². The number of halogens is 1. The van der Waals surface area contributed by atoms with Gasteiger partial charge in [0.25, 0.3) is 5.91 Å². The Bertz CT molecular complexity index is 1520. The van der Waals surface area contributed by atoms with Crippen LogP contribution in [0.3, 0.4) is 0 Å². The van der Waals surface area contributed by atoms with Crippen LogP contribution in [0.5, 0.6) is 11.5 Å². The number of nitrogens with one attached hydrogen (secondary N) is 2. The largest absolute Gasteiger partial charge is 0.457 e. The second-order valence-corrected chi connectivity index (χ2v) is 7.94. The minimum Gasteiger partial charge on any atom is -0.457 e. The number of amides is 1. The van der Waals surface area contributed by atoms with Gasteiger partial charge in [0.1, 0.15) is 17.3 Å². The Morgan fingerprint density at radius 2 is 1.63 bits per heavy atom. The standard InChI is InChI=1S/C28H21FN4O2/c1-18-15-24(11-13-30-18)35-23-4-2-3-22(17-23)33-28(34)19-5-8-21(9-6-19)32-27-12-14-31-26-10-7-20(29)16-25(26)27/h2-17H,1H3,(H,31,32)(H,33,34). The fourth-order valence-electron chi connectivity index (χ4n) is 3.65. The van der Waals surface area contributed by atoms with Gasteiger partial charge in [0, 0.05) is 58.2 Å². The van der Waals surface area contributed by atoms with Crippen molar-refractivity contribution in [3.8, 4) is 11.5 Å². The third-order valence-corrected chi connectivity index (χ3v) is 5.33. The average Bonchev–Trinajstić information content (AvgIpc) is 2.85. The molecule has 5 rings (SSSR count). The van der Waals surface area contributed by atoms with Crippen molar-refractivity contribution in [3.63, 3.8) is 0 Å². The van der Waals surface area contributed by atoms with Gasteiger partial charge in [-0.15, -0.1) is 0 Å². The molecule has 0 aliphatic carbocycles. The lowest BCUT2D eigenvalue weighted by molar-refractivity contribution is 0.102. The highest BCUT2D eigenvalue weighted by Gasteiger charge is 2.09. The first kappa shape index (κ1) is 22.0. The van der Waals surface area contributed by atoms with Crippen LogP contribution in [0, 0.1) is 12.7 Å². The highest BCUT2D eigenvalue weighted by atomic mass is 19.1. The number of pyridine rings is 2. The van der Waals surface area contributed by atoms with Gasteiger partial charge in [-0.25, -0.2) is 4.39 Å². The van der Waals surface area contributed by atoms with Crippen molar-refractivity contribution in [1.29, 1.82) is 0 Å². The molecule has 2 heterocycles. The Morgan fingerprint density at radius 3 is 2.46 bits per heavy atom. The van der Waals surface area contributed by atoms with Crippen LogP contribution in [0.15, 0.2) is 97.3 Å². The molecular weight excluding hydrogens is 443 g/mol. The molecule has 172 valence electrons. The van der Waals surface area contributed by atoms with Gasteiger partial charge in [0.05, 0.1) is 5.52 Å². The number of rotatable bonds is 6. The summed E-state index contributed by atoms with van der Waals surface area (Å²) in [4.78, 5) is 21.2. The monoisotopic (exact) mass is 464 g/mol. The van der Waals surface area contributed by atoms with Crippen LogP contribution >= 0.6 is 0 Å². The quantitative estimate of drug-likeness (QED) is 0.287. The summed E-state index contributed by atoms with van der Waals surface area (Å²) < 4.78 is 19.6. The number of fused-ring (bicyclic) bond motifs is 1. The van der Waals surface area contributed by atoms with Crippen molar-refractivity contribution in [3.05, 3.63) is 114 Å². The van der Waals surface area contributed by atoms with E-state index in [-0.39, 0.29) is 11.7 Å². The number of benzene rings is 3. The van der Waals surface area contributed by atoms with Gasteiger partial charge in [-0.05, 0) is 73.7 Å². The van der Waals surface area contributed by atoms with Crippen molar-refractivity contribution < 1.29 is 13.9 Å². The predicted molar refractivity (Wildman–Crippen MR) is 135 cm³/mol. The maximum absolute atomic E-state index is 13.7. The summed E-state index contributed by atoms with van der Waals surface area (Å²) >= 11 is 0. The zero-order valence-electron chi connectivity index (χ0n) is 18.8. The van der Waals surface area contributed by atoms with Crippen LogP contribution in [0.2, 0.25) is 0 Å². The average molecular weight is 465 g/mol. The molecule has 0 saturated heterocycles. The van der Waals surface area contributed by atoms with Gasteiger partial charge in [0.2, 0.25) is 0 Å². The minimum absolute atomic E-state index is 0.245. The lowest BCUT2D eigenvalue weighted by atomic mass is 10.1. The van der Waals surface area contributed by atoms with Gasteiger partial charge >= 0.3 is 0 Å². The summed E-state index contributed by atoms with van der Waals surface area (Å²) in [6.45, 7) is 1.89. The normalized spacial score (nSPS) is 10.7. The molecular formula is C28H21FN4O2. The highest BCUT2D eigenvalue weighted by Crippen LogP contribution is 2.27. The predicted octanol–water partition coefficient (Wildman–Crippen LogP) is 6.87. The first-order chi connectivity index (χ1) is 17.0. The van der Waals surface area contributed by atoms with E-state index >= 15 is 0 Å². The van der Waals surface area contributed by atoms with Crippen molar-refractivity contribution in [2.75, 3.05) is 10.6 Å². The van der Waals surface area contributed by atoms with Gasteiger partial charge in [-0.2, -0.15) is 0 Å². The minimum atomic E-state index is -0.328. The number of carbonyl (C=O) groups is 1. The van der Waals surface area contributed by atoms with E-state index in [1.807, 2.05) is 25.1 Å². The molecule has 0 saturated carbocycles. The SMILES string of the molecule is Cc1cc(Oc2cccc(NC(=O)c3ccc(Nc4ccnc5ccc(F)cc45)cc3)c2)ccn1. The van der Waals surface area contributed by atoms with Crippen molar-refractivity contribution >= 4 is 33.9 Å². The van der Waals surface area contributed by atoms with Crippen LogP contribution in [-0.2, 0) is 0 Å². The van der Waals surface area contributed by atoms with E-state index in [4.69, 9.17) is 4.74 Å². The van der Waals surface area contributed by atoms with E-state index in [1.165, 1.54) is 12.1 Å². The Kier molecular flexibility index (Phi) is 6.05. The third kappa shape index (κ3) is 5.25. The number of aryl methyl sites for hydroxylation is 1. The van der Waals surface area contributed by atoms with Crippen LogP contribution in [0.4, 0.5) is 21.5 Å². The highest BCUT2D eigenvalue weighted by molar-refractivity contribution is 6.04. The second-order valence-electron chi connectivity index (χ2n) is 7.94. The Morgan fingerprint density at radius 1 is 0.829 bits per heavy atom. The number of hydrogen-bond donors (Lipinski definition) is 2. The molecule has 7 heteroatoms. The van der Waals surface area contributed by atoms with E-state index < -0.39 is 0 Å². The Hall–Kier alpha value is -4.78. The molecule has 5 aromatic rings. The van der Waals surface area contributed by atoms with E-state index in [9.17, 15) is 9.18 Å². The molecule has 0 bridgehead atoms. The molecule has 35 heavy (non-hydrogen) atoms. The summed E-state index contributed by atoms with van der Waals surface area (Å²) in [5, 5.41) is 6.84. The lowest BCUT2D eigenvalue weighted by Gasteiger charge is -2.11. The van der Waals surface area contributed by atoms with Crippen molar-refractivity contribution in [1.82, 2.24) is 9.97 Å². The number of carbonyl (C=O) groups excluding carboxylic acids is 1. The van der Waals surface area contributed by atoms with E-state index in [0.29, 0.717) is 33.7 Å². The number of ether oxygens (including phenoxy) is 1. The Labute approximate surface area is 201 Å². The number of aromatic nitrogens is 2. The lowest BCUT2D eigenvalue weighted by Crippen LogP contribution is -2.11. The molecule has 3 aromatic carbocycles. The van der Waals surface area contributed by atoms with E-state index in [1.54, 1.807) is 67.0 Å². The van der Waals surface area contributed by atoms with Crippen LogP contribution < -0.4 is 15.4 Å². The summed E-state index contributed by atoms with van der Waals surface area (Å²) in [5.41, 5.74) is 4.16. The molecule has 2 aromatic heterocycles. The molecule has 0 fully saturated rings. The zero-order chi connectivity index (χ0) is 24.2. The van der Waals surface area contributed by atoms with Crippen LogP contribution in [-0.4, -0.2) is 15.9 Å². The number of anilines is 3. The molecule has 6 nitrogen and oxygen atoms in total. The molecule has 0 aliphatic heterocycles. The maximum Gasteiger partial charge on any atom is 0.255 e. The second kappa shape index (κ2) is 9.61. The fraction of sp³-hybridized carbons (Fsp3) is 0.0357. The maximum atomic E-state index is 13.7. The summed E-state index contributed by atoms with van der Waals surface area (Å²) in [7, 11) is 0. The molecule has 1 amide bonds. The summed E-state index contributed by atoms with van der Waals surface area (Å²) in [5.74, 6) is 0.707. The first-order valence-corrected chi connectivity index (χ1v) is 11.0. The molecule has 2 N–H and O–H groups in total. The third-order valence-electron chi connectivity index (χ3n) is 5.33. The van der Waals surface area contributed by atoms with Crippen LogP contribution in [0.25, 0.3) is 10.9 Å². The van der Waals surface area contributed by atoms with Crippen LogP contribution in [0.1, 0.15) is 16.1 Å². The molecule has 0 spiro atoms. The number of hydrogen-bond acceptors (Lipinski definition) is 5.